The molecule has 0 aliphatic carbocycles. The summed E-state index contributed by atoms with van der Waals surface area (Å²) in [5.41, 5.74) is 2.37. The Balaban J connectivity index is 1.69. The predicted molar refractivity (Wildman–Crippen MR) is 117 cm³/mol. The lowest BCUT2D eigenvalue weighted by atomic mass is 9.74. The van der Waals surface area contributed by atoms with Crippen LogP contribution in [0.25, 0.3) is 0 Å². The Morgan fingerprint density at radius 2 is 1.93 bits per heavy atom. The molecule has 0 saturated carbocycles. The summed E-state index contributed by atoms with van der Waals surface area (Å²) in [5, 5.41) is 6.81. The minimum Gasteiger partial charge on any atom is -0.497 e. The monoisotopic (exact) mass is 396 g/mol. The van der Waals surface area contributed by atoms with Gasteiger partial charge in [0.2, 0.25) is 0 Å². The fraction of sp³-hybridized carbons (Fsp3) is 0.478. The van der Waals surface area contributed by atoms with E-state index in [1.54, 1.807) is 7.11 Å². The Bertz CT molecular complexity index is 756. The highest BCUT2D eigenvalue weighted by Gasteiger charge is 2.34. The second-order valence-electron chi connectivity index (χ2n) is 7.31. The first-order valence-corrected chi connectivity index (χ1v) is 10.4. The molecule has 1 fully saturated rings. The molecular formula is C23H32N4O2. The maximum atomic E-state index is 5.65. The molecule has 2 N–H and O–H groups in total. The third-order valence-corrected chi connectivity index (χ3v) is 5.44. The Hall–Kier alpha value is -2.60. The van der Waals surface area contributed by atoms with Crippen molar-refractivity contribution in [1.82, 2.24) is 15.6 Å². The van der Waals surface area contributed by atoms with E-state index >= 15 is 0 Å². The zero-order valence-electron chi connectivity index (χ0n) is 17.5. The second kappa shape index (κ2) is 10.8. The molecule has 6 nitrogen and oxygen atoms in total. The summed E-state index contributed by atoms with van der Waals surface area (Å²) in [6.07, 6.45) is 4.63. The van der Waals surface area contributed by atoms with E-state index in [-0.39, 0.29) is 5.41 Å². The van der Waals surface area contributed by atoms with Gasteiger partial charge in [0.1, 0.15) is 5.75 Å². The summed E-state index contributed by atoms with van der Waals surface area (Å²) in [4.78, 5) is 9.33. The number of pyridine rings is 1. The Morgan fingerprint density at radius 1 is 1.14 bits per heavy atom. The lowest BCUT2D eigenvalue weighted by Gasteiger charge is -2.36. The van der Waals surface area contributed by atoms with Gasteiger partial charge < -0.3 is 20.1 Å². The molecule has 2 aromatic rings. The van der Waals surface area contributed by atoms with Gasteiger partial charge in [0.15, 0.2) is 5.96 Å². The molecule has 0 radical (unpaired) electrons. The molecular weight excluding hydrogens is 364 g/mol. The second-order valence-corrected chi connectivity index (χ2v) is 7.31. The molecule has 156 valence electrons. The largest absolute Gasteiger partial charge is 0.497 e. The smallest absolute Gasteiger partial charge is 0.191 e. The highest BCUT2D eigenvalue weighted by molar-refractivity contribution is 5.79. The van der Waals surface area contributed by atoms with Gasteiger partial charge in [0.05, 0.1) is 13.7 Å². The third kappa shape index (κ3) is 5.94. The molecule has 0 bridgehead atoms. The highest BCUT2D eigenvalue weighted by atomic mass is 16.5. The van der Waals surface area contributed by atoms with Crippen LogP contribution < -0.4 is 15.4 Å². The maximum absolute atomic E-state index is 5.65. The van der Waals surface area contributed by atoms with Gasteiger partial charge >= 0.3 is 0 Å². The number of benzene rings is 1. The standard InChI is InChI=1S/C23H32N4O2/c1-3-24-22(26-15-11-20-6-4-5-14-25-20)27-18-23(12-16-29-17-13-23)19-7-9-21(28-2)10-8-19/h4-10,14H,3,11-13,15-18H2,1-2H3,(H2,24,26,27). The van der Waals surface area contributed by atoms with E-state index in [0.29, 0.717) is 0 Å². The van der Waals surface area contributed by atoms with Crippen molar-refractivity contribution in [2.75, 3.05) is 40.0 Å². The Morgan fingerprint density at radius 3 is 2.59 bits per heavy atom. The zero-order valence-corrected chi connectivity index (χ0v) is 17.5. The summed E-state index contributed by atoms with van der Waals surface area (Å²) in [6.45, 7) is 5.97. The van der Waals surface area contributed by atoms with Crippen LogP contribution in [0.1, 0.15) is 31.0 Å². The topological polar surface area (TPSA) is 67.8 Å². The summed E-state index contributed by atoms with van der Waals surface area (Å²) in [5.74, 6) is 1.73. The van der Waals surface area contributed by atoms with Crippen molar-refractivity contribution in [3.63, 3.8) is 0 Å². The zero-order chi connectivity index (χ0) is 20.4. The van der Waals surface area contributed by atoms with Gasteiger partial charge in [-0.1, -0.05) is 18.2 Å². The normalized spacial score (nSPS) is 16.3. The van der Waals surface area contributed by atoms with Crippen molar-refractivity contribution >= 4 is 5.96 Å². The fourth-order valence-electron chi connectivity index (χ4n) is 3.67. The third-order valence-electron chi connectivity index (χ3n) is 5.44. The molecule has 1 aliphatic rings. The average molecular weight is 397 g/mol. The molecule has 1 aromatic carbocycles. The van der Waals surface area contributed by atoms with E-state index in [2.05, 4.69) is 34.7 Å². The molecule has 1 aliphatic heterocycles. The minimum atomic E-state index is -0.00609. The van der Waals surface area contributed by atoms with E-state index < -0.39 is 0 Å². The quantitative estimate of drug-likeness (QED) is 0.530. The number of hydrogen-bond donors (Lipinski definition) is 2. The number of rotatable bonds is 8. The number of aromatic nitrogens is 1. The molecule has 0 spiro atoms. The molecule has 0 atom stereocenters. The highest BCUT2D eigenvalue weighted by Crippen LogP contribution is 2.36. The van der Waals surface area contributed by atoms with Gasteiger partial charge in [0, 0.05) is 50.0 Å². The van der Waals surface area contributed by atoms with E-state index in [0.717, 1.165) is 69.5 Å². The predicted octanol–water partition coefficient (Wildman–Crippen LogP) is 2.94. The van der Waals surface area contributed by atoms with Gasteiger partial charge in [-0.3, -0.25) is 9.98 Å². The summed E-state index contributed by atoms with van der Waals surface area (Å²) in [6, 6.07) is 14.4. The van der Waals surface area contributed by atoms with E-state index in [1.165, 1.54) is 5.56 Å². The van der Waals surface area contributed by atoms with Crippen molar-refractivity contribution in [1.29, 1.82) is 0 Å². The molecule has 0 unspecified atom stereocenters. The van der Waals surface area contributed by atoms with E-state index in [4.69, 9.17) is 14.5 Å². The molecule has 1 aromatic heterocycles. The van der Waals surface area contributed by atoms with Crippen LogP contribution in [-0.4, -0.2) is 50.9 Å². The van der Waals surface area contributed by atoms with Crippen LogP contribution in [0.3, 0.4) is 0 Å². The van der Waals surface area contributed by atoms with Gasteiger partial charge in [-0.2, -0.15) is 0 Å². The van der Waals surface area contributed by atoms with Crippen molar-refractivity contribution in [2.24, 2.45) is 4.99 Å². The Kier molecular flexibility index (Phi) is 7.87. The van der Waals surface area contributed by atoms with Crippen molar-refractivity contribution < 1.29 is 9.47 Å². The van der Waals surface area contributed by atoms with Crippen molar-refractivity contribution in [3.05, 3.63) is 59.9 Å². The van der Waals surface area contributed by atoms with Gasteiger partial charge in [-0.05, 0) is 49.6 Å². The van der Waals surface area contributed by atoms with Crippen LogP contribution in [0.2, 0.25) is 0 Å². The molecule has 29 heavy (non-hydrogen) atoms. The van der Waals surface area contributed by atoms with E-state index in [1.807, 2.05) is 36.5 Å². The first-order valence-electron chi connectivity index (χ1n) is 10.4. The minimum absolute atomic E-state index is 0.00609. The average Bonchev–Trinajstić information content (AvgIpc) is 2.79. The molecule has 3 rings (SSSR count). The first kappa shape index (κ1) is 21.1. The van der Waals surface area contributed by atoms with Crippen LogP contribution in [0.4, 0.5) is 0 Å². The molecule has 0 amide bonds. The number of ether oxygens (including phenoxy) is 2. The SMILES string of the molecule is CCNC(=NCC1(c2ccc(OC)cc2)CCOCC1)NCCc1ccccn1. The molecule has 1 saturated heterocycles. The van der Waals surface area contributed by atoms with Crippen molar-refractivity contribution in [3.8, 4) is 5.75 Å². The fourth-order valence-corrected chi connectivity index (χ4v) is 3.67. The van der Waals surface area contributed by atoms with Crippen LogP contribution in [0.5, 0.6) is 5.75 Å². The van der Waals surface area contributed by atoms with Gasteiger partial charge in [0.25, 0.3) is 0 Å². The number of nitrogens with one attached hydrogen (secondary N) is 2. The van der Waals surface area contributed by atoms with Crippen LogP contribution in [0, 0.1) is 0 Å². The summed E-state index contributed by atoms with van der Waals surface area (Å²) < 4.78 is 11.0. The lowest BCUT2D eigenvalue weighted by Crippen LogP contribution is -2.41. The first-order chi connectivity index (χ1) is 14.3. The molecule has 6 heteroatoms. The van der Waals surface area contributed by atoms with E-state index in [9.17, 15) is 0 Å². The van der Waals surface area contributed by atoms with Gasteiger partial charge in [-0.25, -0.2) is 0 Å². The number of aliphatic imine (C=N–C) groups is 1. The number of methoxy groups -OCH3 is 1. The number of nitrogens with zero attached hydrogens (tertiary/aromatic N) is 2. The van der Waals surface area contributed by atoms with Crippen LogP contribution in [0.15, 0.2) is 53.7 Å². The lowest BCUT2D eigenvalue weighted by molar-refractivity contribution is 0.0531. The number of hydrogen-bond acceptors (Lipinski definition) is 4. The van der Waals surface area contributed by atoms with Gasteiger partial charge in [-0.15, -0.1) is 0 Å². The molecule has 2 heterocycles. The Labute approximate surface area is 173 Å². The van der Waals surface area contributed by atoms with Crippen LogP contribution >= 0.6 is 0 Å². The summed E-state index contributed by atoms with van der Waals surface area (Å²) >= 11 is 0. The van der Waals surface area contributed by atoms with Crippen molar-refractivity contribution in [2.45, 2.75) is 31.6 Å². The number of guanidine groups is 1. The van der Waals surface area contributed by atoms with Crippen LogP contribution in [-0.2, 0) is 16.6 Å². The maximum Gasteiger partial charge on any atom is 0.191 e. The summed E-state index contributed by atoms with van der Waals surface area (Å²) in [7, 11) is 1.70.